The lowest BCUT2D eigenvalue weighted by Crippen LogP contribution is -2.58. The number of carbonyl (C=O) groups is 3. The highest BCUT2D eigenvalue weighted by atomic mass is 16.6. The van der Waals surface area contributed by atoms with E-state index in [9.17, 15) is 19.5 Å². The number of aliphatic hydroxyl groups excluding tert-OH is 1. The summed E-state index contributed by atoms with van der Waals surface area (Å²) in [7, 11) is 0. The van der Waals surface area contributed by atoms with E-state index in [4.69, 9.17) is 9.47 Å². The summed E-state index contributed by atoms with van der Waals surface area (Å²) in [6, 6.07) is -0.704. The molecule has 1 spiro atoms. The van der Waals surface area contributed by atoms with Crippen molar-refractivity contribution in [2.45, 2.75) is 81.6 Å². The van der Waals surface area contributed by atoms with Gasteiger partial charge < -0.3 is 24.4 Å². The predicted octanol–water partition coefficient (Wildman–Crippen LogP) is 1.96. The zero-order valence-corrected chi connectivity index (χ0v) is 20.0. The maximum atomic E-state index is 14.2. The summed E-state index contributed by atoms with van der Waals surface area (Å²) in [4.78, 5) is 45.0. The standard InChI is InChI=1S/C26H36N2O6/c1-2-25-12-6-7-17-33-24(32)20(25)19-22(30)28(15-9-16-29)21-23(31)27(18-10-4-3-5-11-18)14-8-13-26(19,21)34-25/h6,8,12-13,18-21,29H,2-5,7,9-11,14-17H2,1H3/t19-,20+,21?,25-,26-/m0/s1. The van der Waals surface area contributed by atoms with Gasteiger partial charge in [-0.1, -0.05) is 50.5 Å². The molecule has 4 aliphatic heterocycles. The molecule has 2 amide bonds. The lowest BCUT2D eigenvalue weighted by molar-refractivity contribution is -0.162. The van der Waals surface area contributed by atoms with E-state index >= 15 is 0 Å². The highest BCUT2D eigenvalue weighted by Crippen LogP contribution is 2.58. The van der Waals surface area contributed by atoms with Crippen LogP contribution >= 0.6 is 0 Å². The molecule has 5 aliphatic rings. The number of amides is 2. The normalized spacial score (nSPS) is 38.2. The van der Waals surface area contributed by atoms with Gasteiger partial charge in [0, 0.05) is 25.7 Å². The van der Waals surface area contributed by atoms with Gasteiger partial charge in [-0.3, -0.25) is 14.4 Å². The van der Waals surface area contributed by atoms with Crippen LogP contribution in [0, 0.1) is 11.8 Å². The minimum absolute atomic E-state index is 0.0848. The topological polar surface area (TPSA) is 96.4 Å². The van der Waals surface area contributed by atoms with Gasteiger partial charge >= 0.3 is 5.97 Å². The van der Waals surface area contributed by atoms with Gasteiger partial charge in [-0.15, -0.1) is 0 Å². The van der Waals surface area contributed by atoms with E-state index in [2.05, 4.69) is 0 Å². The molecule has 1 aliphatic carbocycles. The SMILES string of the molecule is CC[C@]12C=CCCOC(=O)[C@H]1[C@H]1C(=O)N(CCCO)C3C(=O)N(C4CCCCC4)CC=C[C@@]31O2. The molecule has 3 fully saturated rings. The molecule has 8 heteroatoms. The van der Waals surface area contributed by atoms with Crippen LogP contribution in [0.5, 0.6) is 0 Å². The number of carbonyl (C=O) groups excluding carboxylic acids is 3. The summed E-state index contributed by atoms with van der Waals surface area (Å²) < 4.78 is 12.4. The molecule has 0 aromatic carbocycles. The van der Waals surface area contributed by atoms with Gasteiger partial charge in [0.2, 0.25) is 11.8 Å². The number of ether oxygens (including phenoxy) is 2. The first kappa shape index (κ1) is 23.5. The number of esters is 1. The quantitative estimate of drug-likeness (QED) is 0.486. The van der Waals surface area contributed by atoms with Crippen molar-refractivity contribution in [2.24, 2.45) is 11.8 Å². The first-order chi connectivity index (χ1) is 16.5. The van der Waals surface area contributed by atoms with E-state index < -0.39 is 35.0 Å². The molecule has 0 radical (unpaired) electrons. The Morgan fingerprint density at radius 3 is 2.59 bits per heavy atom. The largest absolute Gasteiger partial charge is 0.465 e. The third-order valence-electron chi connectivity index (χ3n) is 8.51. The average Bonchev–Trinajstić information content (AvgIpc) is 3.18. The summed E-state index contributed by atoms with van der Waals surface area (Å²) in [6.45, 7) is 2.85. The molecule has 2 saturated heterocycles. The molecule has 5 atom stereocenters. The summed E-state index contributed by atoms with van der Waals surface area (Å²) in [5.41, 5.74) is -2.23. The van der Waals surface area contributed by atoms with E-state index in [0.717, 1.165) is 25.7 Å². The maximum absolute atomic E-state index is 14.2. The second-order valence-corrected chi connectivity index (χ2v) is 10.3. The summed E-state index contributed by atoms with van der Waals surface area (Å²) >= 11 is 0. The van der Waals surface area contributed by atoms with Crippen molar-refractivity contribution in [3.8, 4) is 0 Å². The number of cyclic esters (lactones) is 1. The molecule has 186 valence electrons. The van der Waals surface area contributed by atoms with E-state index in [1.54, 1.807) is 4.90 Å². The Morgan fingerprint density at radius 2 is 1.85 bits per heavy atom. The van der Waals surface area contributed by atoms with Crippen LogP contribution in [0.25, 0.3) is 0 Å². The minimum atomic E-state index is -1.23. The highest BCUT2D eigenvalue weighted by molar-refractivity contribution is 5.99. The number of aliphatic hydroxyl groups is 1. The fraction of sp³-hybridized carbons (Fsp3) is 0.731. The Hall–Kier alpha value is -2.19. The Balaban J connectivity index is 1.61. The zero-order chi connectivity index (χ0) is 23.9. The molecule has 0 bridgehead atoms. The van der Waals surface area contributed by atoms with Crippen molar-refractivity contribution in [3.63, 3.8) is 0 Å². The average molecular weight is 473 g/mol. The van der Waals surface area contributed by atoms with Crippen LogP contribution in [-0.2, 0) is 23.9 Å². The van der Waals surface area contributed by atoms with Crippen LogP contribution in [0.3, 0.4) is 0 Å². The molecule has 1 unspecified atom stereocenters. The number of hydrogen-bond acceptors (Lipinski definition) is 6. The molecule has 34 heavy (non-hydrogen) atoms. The number of likely N-dealkylation sites (tertiary alicyclic amines) is 1. The van der Waals surface area contributed by atoms with Crippen LogP contribution in [-0.4, -0.2) is 82.3 Å². The van der Waals surface area contributed by atoms with Gasteiger partial charge in [0.25, 0.3) is 0 Å². The van der Waals surface area contributed by atoms with Crippen molar-refractivity contribution in [1.82, 2.24) is 9.80 Å². The molecule has 1 saturated carbocycles. The first-order valence-electron chi connectivity index (χ1n) is 12.9. The maximum Gasteiger partial charge on any atom is 0.313 e. The third kappa shape index (κ3) is 3.44. The summed E-state index contributed by atoms with van der Waals surface area (Å²) in [5, 5.41) is 9.50. The van der Waals surface area contributed by atoms with E-state index in [0.29, 0.717) is 25.8 Å². The van der Waals surface area contributed by atoms with Gasteiger partial charge in [-0.25, -0.2) is 0 Å². The van der Waals surface area contributed by atoms with Gasteiger partial charge in [0.15, 0.2) is 0 Å². The van der Waals surface area contributed by atoms with E-state index in [1.165, 1.54) is 6.42 Å². The molecule has 4 heterocycles. The Morgan fingerprint density at radius 1 is 1.06 bits per heavy atom. The summed E-state index contributed by atoms with van der Waals surface area (Å²) in [5.74, 6) is -2.45. The van der Waals surface area contributed by atoms with Crippen LogP contribution in [0.4, 0.5) is 0 Å². The van der Waals surface area contributed by atoms with Gasteiger partial charge in [-0.05, 0) is 32.1 Å². The highest BCUT2D eigenvalue weighted by Gasteiger charge is 2.75. The van der Waals surface area contributed by atoms with Crippen molar-refractivity contribution in [3.05, 3.63) is 24.3 Å². The fourth-order valence-electron chi connectivity index (χ4n) is 6.95. The van der Waals surface area contributed by atoms with Crippen LogP contribution in [0.2, 0.25) is 0 Å². The Kier molecular flexibility index (Phi) is 6.31. The predicted molar refractivity (Wildman–Crippen MR) is 123 cm³/mol. The van der Waals surface area contributed by atoms with Crippen LogP contribution < -0.4 is 0 Å². The zero-order valence-electron chi connectivity index (χ0n) is 20.0. The number of rotatable bonds is 5. The van der Waals surface area contributed by atoms with Crippen LogP contribution in [0.15, 0.2) is 24.3 Å². The second kappa shape index (κ2) is 9.11. The molecular formula is C26H36N2O6. The Bertz CT molecular complexity index is 896. The smallest absolute Gasteiger partial charge is 0.313 e. The van der Waals surface area contributed by atoms with Crippen molar-refractivity contribution >= 4 is 17.8 Å². The van der Waals surface area contributed by atoms with Gasteiger partial charge in [-0.2, -0.15) is 0 Å². The third-order valence-corrected chi connectivity index (χ3v) is 8.51. The molecule has 5 rings (SSSR count). The molecule has 1 N–H and O–H groups in total. The number of fused-ring (bicyclic) bond motifs is 2. The van der Waals surface area contributed by atoms with Crippen molar-refractivity contribution < 1.29 is 29.0 Å². The van der Waals surface area contributed by atoms with Crippen molar-refractivity contribution in [1.29, 1.82) is 0 Å². The van der Waals surface area contributed by atoms with Crippen LogP contribution in [0.1, 0.15) is 58.3 Å². The van der Waals surface area contributed by atoms with E-state index in [-0.39, 0.29) is 37.6 Å². The minimum Gasteiger partial charge on any atom is -0.465 e. The molecule has 0 aromatic heterocycles. The number of hydrogen-bond donors (Lipinski definition) is 1. The number of nitrogens with zero attached hydrogens (tertiary/aromatic N) is 2. The lowest BCUT2D eigenvalue weighted by atomic mass is 9.73. The molecule has 8 nitrogen and oxygen atoms in total. The van der Waals surface area contributed by atoms with Crippen molar-refractivity contribution in [2.75, 3.05) is 26.3 Å². The summed E-state index contributed by atoms with van der Waals surface area (Å²) in [6.07, 6.45) is 14.5. The molecular weight excluding hydrogens is 436 g/mol. The van der Waals surface area contributed by atoms with E-state index in [1.807, 2.05) is 36.1 Å². The first-order valence-corrected chi connectivity index (χ1v) is 12.9. The fourth-order valence-corrected chi connectivity index (χ4v) is 6.95. The van der Waals surface area contributed by atoms with Gasteiger partial charge in [0.1, 0.15) is 23.2 Å². The molecule has 0 aromatic rings. The second-order valence-electron chi connectivity index (χ2n) is 10.3. The monoisotopic (exact) mass is 472 g/mol. The van der Waals surface area contributed by atoms with Gasteiger partial charge in [0.05, 0.1) is 12.5 Å². The Labute approximate surface area is 200 Å². The lowest BCUT2D eigenvalue weighted by Gasteiger charge is -2.40.